The van der Waals surface area contributed by atoms with Crippen LogP contribution in [0.3, 0.4) is 0 Å². The van der Waals surface area contributed by atoms with Crippen LogP contribution in [0, 0.1) is 0 Å². The van der Waals surface area contributed by atoms with Gasteiger partial charge in [0.25, 0.3) is 5.56 Å². The number of alkyl halides is 2. The monoisotopic (exact) mass is 284 g/mol. The first-order chi connectivity index (χ1) is 9.55. The first-order valence-electron chi connectivity index (χ1n) is 6.11. The molecule has 0 aliphatic carbocycles. The maximum atomic E-state index is 12.4. The van der Waals surface area contributed by atoms with Crippen LogP contribution in [0.2, 0.25) is 0 Å². The van der Waals surface area contributed by atoms with Crippen molar-refractivity contribution in [3.8, 4) is 11.5 Å². The molecular formula is C13H14F2N2O3. The second-order valence-electron chi connectivity index (χ2n) is 4.16. The van der Waals surface area contributed by atoms with Gasteiger partial charge in [-0.05, 0) is 12.5 Å². The van der Waals surface area contributed by atoms with Crippen molar-refractivity contribution in [1.82, 2.24) is 9.97 Å². The summed E-state index contributed by atoms with van der Waals surface area (Å²) in [5.74, 6) is 0.432. The molecule has 1 aromatic carbocycles. The maximum absolute atomic E-state index is 12.4. The van der Waals surface area contributed by atoms with Gasteiger partial charge in [-0.2, -0.15) is 8.78 Å². The minimum absolute atomic E-state index is 0.0633. The van der Waals surface area contributed by atoms with E-state index in [0.29, 0.717) is 17.8 Å². The number of H-pyrrole nitrogens is 1. The Bertz CT molecular complexity index is 670. The van der Waals surface area contributed by atoms with Gasteiger partial charge in [-0.15, -0.1) is 0 Å². The van der Waals surface area contributed by atoms with Crippen molar-refractivity contribution in [3.63, 3.8) is 0 Å². The summed E-state index contributed by atoms with van der Waals surface area (Å²) in [6.07, 6.45) is 1.41. The number of hydrogen-bond donors (Lipinski definition) is 1. The standard InChI is InChI=1S/C13H14F2N2O3/c1-3-4-11-16-8-6-10(20-13(14)15)9(19-2)5-7(8)12(18)17-11/h5-6,13H,3-4H2,1-2H3,(H,16,17,18). The Morgan fingerprint density at radius 3 is 2.70 bits per heavy atom. The number of nitrogens with one attached hydrogen (secondary N) is 1. The van der Waals surface area contributed by atoms with Crippen molar-refractivity contribution in [2.24, 2.45) is 0 Å². The highest BCUT2D eigenvalue weighted by Crippen LogP contribution is 2.31. The molecule has 20 heavy (non-hydrogen) atoms. The van der Waals surface area contributed by atoms with E-state index >= 15 is 0 Å². The minimum atomic E-state index is -2.97. The maximum Gasteiger partial charge on any atom is 0.387 e. The number of rotatable bonds is 5. The molecule has 0 radical (unpaired) electrons. The van der Waals surface area contributed by atoms with Gasteiger partial charge in [-0.3, -0.25) is 4.79 Å². The molecule has 0 aliphatic heterocycles. The number of ether oxygens (including phenoxy) is 2. The highest BCUT2D eigenvalue weighted by atomic mass is 19.3. The molecule has 2 aromatic rings. The third-order valence-corrected chi connectivity index (χ3v) is 2.74. The summed E-state index contributed by atoms with van der Waals surface area (Å²) in [6, 6.07) is 2.63. The quantitative estimate of drug-likeness (QED) is 0.916. The Labute approximate surface area is 113 Å². The van der Waals surface area contributed by atoms with Crippen LogP contribution >= 0.6 is 0 Å². The van der Waals surface area contributed by atoms with Crippen molar-refractivity contribution >= 4 is 10.9 Å². The molecule has 0 atom stereocenters. The summed E-state index contributed by atoms with van der Waals surface area (Å²) in [4.78, 5) is 18.8. The summed E-state index contributed by atoms with van der Waals surface area (Å²) in [6.45, 7) is -1.03. The fourth-order valence-corrected chi connectivity index (χ4v) is 1.90. The number of aromatic nitrogens is 2. The van der Waals surface area contributed by atoms with Crippen molar-refractivity contribution in [2.45, 2.75) is 26.4 Å². The van der Waals surface area contributed by atoms with Gasteiger partial charge in [0.1, 0.15) is 5.82 Å². The molecule has 7 heteroatoms. The van der Waals surface area contributed by atoms with Crippen LogP contribution in [0.4, 0.5) is 8.78 Å². The number of halogens is 2. The van der Waals surface area contributed by atoms with Crippen LogP contribution in [-0.2, 0) is 6.42 Å². The topological polar surface area (TPSA) is 64.2 Å². The smallest absolute Gasteiger partial charge is 0.387 e. The lowest BCUT2D eigenvalue weighted by atomic mass is 10.2. The Balaban J connectivity index is 2.61. The van der Waals surface area contributed by atoms with E-state index in [1.54, 1.807) is 0 Å². The number of hydrogen-bond acceptors (Lipinski definition) is 4. The summed E-state index contributed by atoms with van der Waals surface area (Å²) in [5.41, 5.74) is -0.0333. The fourth-order valence-electron chi connectivity index (χ4n) is 1.90. The molecule has 1 aromatic heterocycles. The SMILES string of the molecule is CCCc1nc2cc(OC(F)F)c(OC)cc2c(=O)[nH]1. The second-order valence-corrected chi connectivity index (χ2v) is 4.16. The first-order valence-corrected chi connectivity index (χ1v) is 6.11. The van der Waals surface area contributed by atoms with Crippen LogP contribution in [0.25, 0.3) is 10.9 Å². The zero-order valence-electron chi connectivity index (χ0n) is 11.1. The summed E-state index contributed by atoms with van der Waals surface area (Å²) >= 11 is 0. The summed E-state index contributed by atoms with van der Waals surface area (Å²) < 4.78 is 34.0. The Morgan fingerprint density at radius 2 is 2.10 bits per heavy atom. The van der Waals surface area contributed by atoms with Gasteiger partial charge in [0, 0.05) is 12.5 Å². The van der Waals surface area contributed by atoms with Gasteiger partial charge in [0.15, 0.2) is 11.5 Å². The summed E-state index contributed by atoms with van der Waals surface area (Å²) in [5, 5.41) is 0.267. The van der Waals surface area contributed by atoms with Gasteiger partial charge in [-0.1, -0.05) is 6.92 Å². The van der Waals surface area contributed by atoms with Crippen LogP contribution in [-0.4, -0.2) is 23.7 Å². The molecule has 2 rings (SSSR count). The van der Waals surface area contributed by atoms with Gasteiger partial charge >= 0.3 is 6.61 Å². The van der Waals surface area contributed by atoms with E-state index in [1.165, 1.54) is 19.2 Å². The van der Waals surface area contributed by atoms with Crippen LogP contribution in [0.1, 0.15) is 19.2 Å². The average molecular weight is 284 g/mol. The van der Waals surface area contributed by atoms with E-state index in [2.05, 4.69) is 14.7 Å². The van der Waals surface area contributed by atoms with Crippen molar-refractivity contribution in [2.75, 3.05) is 7.11 Å². The number of fused-ring (bicyclic) bond motifs is 1. The third-order valence-electron chi connectivity index (χ3n) is 2.74. The van der Waals surface area contributed by atoms with E-state index in [4.69, 9.17) is 4.74 Å². The van der Waals surface area contributed by atoms with E-state index in [-0.39, 0.29) is 22.4 Å². The van der Waals surface area contributed by atoms with E-state index in [1.807, 2.05) is 6.92 Å². The molecule has 0 saturated carbocycles. The molecule has 0 spiro atoms. The Morgan fingerprint density at radius 1 is 1.35 bits per heavy atom. The average Bonchev–Trinajstić information content (AvgIpc) is 2.37. The molecule has 5 nitrogen and oxygen atoms in total. The lowest BCUT2D eigenvalue weighted by Crippen LogP contribution is -2.12. The van der Waals surface area contributed by atoms with Gasteiger partial charge in [-0.25, -0.2) is 4.98 Å². The predicted octanol–water partition coefficient (Wildman–Crippen LogP) is 2.49. The molecule has 0 bridgehead atoms. The van der Waals surface area contributed by atoms with E-state index < -0.39 is 6.61 Å². The van der Waals surface area contributed by atoms with E-state index in [9.17, 15) is 13.6 Å². The Kier molecular flexibility index (Phi) is 4.16. The molecule has 0 saturated heterocycles. The zero-order chi connectivity index (χ0) is 14.7. The number of aromatic amines is 1. The van der Waals surface area contributed by atoms with Crippen LogP contribution in [0.15, 0.2) is 16.9 Å². The number of benzene rings is 1. The van der Waals surface area contributed by atoms with Crippen molar-refractivity contribution in [1.29, 1.82) is 0 Å². The highest BCUT2D eigenvalue weighted by molar-refractivity contribution is 5.81. The van der Waals surface area contributed by atoms with Crippen LogP contribution in [0.5, 0.6) is 11.5 Å². The van der Waals surface area contributed by atoms with Crippen LogP contribution < -0.4 is 15.0 Å². The zero-order valence-corrected chi connectivity index (χ0v) is 11.1. The number of aryl methyl sites for hydroxylation is 1. The molecule has 0 amide bonds. The summed E-state index contributed by atoms with van der Waals surface area (Å²) in [7, 11) is 1.31. The molecule has 1 heterocycles. The lowest BCUT2D eigenvalue weighted by molar-refractivity contribution is -0.0511. The van der Waals surface area contributed by atoms with E-state index in [0.717, 1.165) is 6.42 Å². The van der Waals surface area contributed by atoms with Gasteiger partial charge in [0.05, 0.1) is 18.0 Å². The van der Waals surface area contributed by atoms with Crippen molar-refractivity contribution < 1.29 is 18.3 Å². The minimum Gasteiger partial charge on any atom is -0.493 e. The van der Waals surface area contributed by atoms with Gasteiger partial charge in [0.2, 0.25) is 0 Å². The highest BCUT2D eigenvalue weighted by Gasteiger charge is 2.14. The van der Waals surface area contributed by atoms with Gasteiger partial charge < -0.3 is 14.5 Å². The molecular weight excluding hydrogens is 270 g/mol. The fraction of sp³-hybridized carbons (Fsp3) is 0.385. The van der Waals surface area contributed by atoms with Crippen molar-refractivity contribution in [3.05, 3.63) is 28.3 Å². The second kappa shape index (κ2) is 5.85. The first kappa shape index (κ1) is 14.2. The molecule has 0 unspecified atom stereocenters. The Hall–Kier alpha value is -2.18. The normalized spacial score (nSPS) is 11.1. The molecule has 1 N–H and O–H groups in total. The molecule has 0 aliphatic rings. The third kappa shape index (κ3) is 2.87. The largest absolute Gasteiger partial charge is 0.493 e. The lowest BCUT2D eigenvalue weighted by Gasteiger charge is -2.11. The number of nitrogens with zero attached hydrogens (tertiary/aromatic N) is 1. The number of methoxy groups -OCH3 is 1. The predicted molar refractivity (Wildman–Crippen MR) is 69.5 cm³/mol. The molecule has 0 fully saturated rings. The molecule has 108 valence electrons.